The molecule has 3 nitrogen and oxygen atoms in total. The zero-order chi connectivity index (χ0) is 12.3. The van der Waals surface area contributed by atoms with Crippen molar-refractivity contribution >= 4 is 8.69 Å². The summed E-state index contributed by atoms with van der Waals surface area (Å²) in [7, 11) is -0.829. The van der Waals surface area contributed by atoms with Crippen molar-refractivity contribution in [3.63, 3.8) is 0 Å². The number of phenols is 1. The molecule has 1 N–H and O–H groups in total. The minimum absolute atomic E-state index is 0.218. The van der Waals surface area contributed by atoms with Gasteiger partial charge in [-0.25, -0.2) is 0 Å². The summed E-state index contributed by atoms with van der Waals surface area (Å²) in [6.07, 6.45) is 0. The van der Waals surface area contributed by atoms with Crippen molar-refractivity contribution in [3.8, 4) is 22.6 Å². The predicted octanol–water partition coefficient (Wildman–Crippen LogP) is 3.69. The Kier molecular flexibility index (Phi) is 3.40. The van der Waals surface area contributed by atoms with Crippen molar-refractivity contribution in [2.75, 3.05) is 0 Å². The molecule has 2 aromatic rings. The van der Waals surface area contributed by atoms with E-state index in [4.69, 9.17) is 4.52 Å². The summed E-state index contributed by atoms with van der Waals surface area (Å²) in [6, 6.07) is 12.4. The topological polar surface area (TPSA) is 46.5 Å². The first-order chi connectivity index (χ1) is 8.22. The van der Waals surface area contributed by atoms with Gasteiger partial charge in [-0.05, 0) is 40.8 Å². The lowest BCUT2D eigenvalue weighted by Gasteiger charge is -2.08. The van der Waals surface area contributed by atoms with Crippen LogP contribution in [0.3, 0.4) is 0 Å². The maximum Gasteiger partial charge on any atom is 0.542 e. The molecule has 0 bridgehead atoms. The smallest absolute Gasteiger partial charge is 0.508 e. The quantitative estimate of drug-likeness (QED) is 0.841. The molecule has 0 saturated carbocycles. The van der Waals surface area contributed by atoms with Crippen LogP contribution in [0.15, 0.2) is 42.5 Å². The highest BCUT2D eigenvalue weighted by atomic mass is 31.1. The third-order valence-corrected chi connectivity index (χ3v) is 2.85. The van der Waals surface area contributed by atoms with Crippen molar-refractivity contribution in [1.29, 1.82) is 0 Å². The highest BCUT2D eigenvalue weighted by Gasteiger charge is 2.12. The van der Waals surface area contributed by atoms with Gasteiger partial charge in [0, 0.05) is 5.56 Å². The van der Waals surface area contributed by atoms with Gasteiger partial charge in [0.2, 0.25) is 0 Å². The second kappa shape index (κ2) is 4.98. The number of benzene rings is 2. The van der Waals surface area contributed by atoms with Gasteiger partial charge in [-0.1, -0.05) is 24.3 Å². The predicted molar refractivity (Wildman–Crippen MR) is 67.9 cm³/mol. The lowest BCUT2D eigenvalue weighted by Crippen LogP contribution is -1.87. The van der Waals surface area contributed by atoms with Crippen molar-refractivity contribution < 1.29 is 14.2 Å². The highest BCUT2D eigenvalue weighted by Crippen LogP contribution is 2.35. The van der Waals surface area contributed by atoms with Gasteiger partial charge in [0.15, 0.2) is 5.75 Å². The van der Waals surface area contributed by atoms with Crippen LogP contribution in [0.2, 0.25) is 0 Å². The molecule has 2 rings (SSSR count). The van der Waals surface area contributed by atoms with Gasteiger partial charge in [-0.15, -0.1) is 0 Å². The molecule has 4 heteroatoms. The standard InChI is InChI=1S/C13H11O3P/c1-9-3-2-4-12(16-17-15)13(9)10-5-7-11(14)8-6-10/h2-8,17H,1H3/p+1. The van der Waals surface area contributed by atoms with Gasteiger partial charge in [-0.2, -0.15) is 0 Å². The first-order valence-electron chi connectivity index (χ1n) is 5.15. The first kappa shape index (κ1) is 11.6. The molecular weight excluding hydrogens is 235 g/mol. The van der Waals surface area contributed by atoms with Crippen molar-refractivity contribution in [3.05, 3.63) is 48.0 Å². The minimum atomic E-state index is -0.829. The Labute approximate surface area is 101 Å². The second-order valence-electron chi connectivity index (χ2n) is 3.68. The molecule has 0 aromatic heterocycles. The molecular formula is C13H12O3P+. The summed E-state index contributed by atoms with van der Waals surface area (Å²) in [5.41, 5.74) is 2.86. The SMILES string of the molecule is Cc1cccc(O[PH+]=O)c1-c1ccc(O)cc1. The van der Waals surface area contributed by atoms with Crippen LogP contribution in [0, 0.1) is 6.92 Å². The molecule has 0 radical (unpaired) electrons. The lowest BCUT2D eigenvalue weighted by molar-refractivity contribution is 0.475. The van der Waals surface area contributed by atoms with Crippen LogP contribution in [0.1, 0.15) is 5.56 Å². The summed E-state index contributed by atoms with van der Waals surface area (Å²) in [5.74, 6) is 0.805. The van der Waals surface area contributed by atoms with Gasteiger partial charge >= 0.3 is 8.69 Å². The van der Waals surface area contributed by atoms with E-state index in [0.717, 1.165) is 16.7 Å². The summed E-state index contributed by atoms with van der Waals surface area (Å²) < 4.78 is 15.7. The van der Waals surface area contributed by atoms with Crippen LogP contribution in [-0.4, -0.2) is 5.11 Å². The Morgan fingerprint density at radius 3 is 2.47 bits per heavy atom. The van der Waals surface area contributed by atoms with Crippen LogP contribution >= 0.6 is 8.69 Å². The van der Waals surface area contributed by atoms with Crippen LogP contribution in [0.5, 0.6) is 11.5 Å². The summed E-state index contributed by atoms with van der Waals surface area (Å²) in [6.45, 7) is 1.96. The van der Waals surface area contributed by atoms with E-state index in [1.54, 1.807) is 30.3 Å². The largest absolute Gasteiger partial charge is 0.542 e. The summed E-state index contributed by atoms with van der Waals surface area (Å²) in [5, 5.41) is 9.27. The average Bonchev–Trinajstić information content (AvgIpc) is 2.32. The maximum atomic E-state index is 10.6. The molecule has 0 saturated heterocycles. The molecule has 17 heavy (non-hydrogen) atoms. The highest BCUT2D eigenvalue weighted by molar-refractivity contribution is 7.17. The molecule has 1 unspecified atom stereocenters. The van der Waals surface area contributed by atoms with Crippen LogP contribution < -0.4 is 4.52 Å². The fourth-order valence-electron chi connectivity index (χ4n) is 1.77. The fourth-order valence-corrected chi connectivity index (χ4v) is 2.03. The van der Waals surface area contributed by atoms with Crippen LogP contribution in [-0.2, 0) is 4.57 Å². The Hall–Kier alpha value is -1.86. The van der Waals surface area contributed by atoms with Crippen LogP contribution in [0.25, 0.3) is 11.1 Å². The molecule has 1 atom stereocenters. The Morgan fingerprint density at radius 1 is 1.12 bits per heavy atom. The Balaban J connectivity index is 2.56. The number of aryl methyl sites for hydroxylation is 1. The van der Waals surface area contributed by atoms with E-state index in [2.05, 4.69) is 0 Å². The first-order valence-corrected chi connectivity index (χ1v) is 5.97. The normalized spacial score (nSPS) is 10.4. The number of phenolic OH excluding ortho intramolecular Hbond substituents is 1. The van der Waals surface area contributed by atoms with E-state index in [-0.39, 0.29) is 5.75 Å². The molecule has 0 amide bonds. The third-order valence-electron chi connectivity index (χ3n) is 2.54. The number of hydrogen-bond acceptors (Lipinski definition) is 3. The molecule has 0 aliphatic rings. The molecule has 0 aliphatic heterocycles. The van der Waals surface area contributed by atoms with Gasteiger partial charge in [0.25, 0.3) is 0 Å². The molecule has 0 heterocycles. The fraction of sp³-hybridized carbons (Fsp3) is 0.0769. The van der Waals surface area contributed by atoms with Crippen LogP contribution in [0.4, 0.5) is 0 Å². The molecule has 86 valence electrons. The molecule has 0 aliphatic carbocycles. The summed E-state index contributed by atoms with van der Waals surface area (Å²) in [4.78, 5) is 0. The van der Waals surface area contributed by atoms with Crippen molar-refractivity contribution in [1.82, 2.24) is 0 Å². The zero-order valence-electron chi connectivity index (χ0n) is 9.31. The number of hydrogen-bond donors (Lipinski definition) is 1. The van der Waals surface area contributed by atoms with Gasteiger partial charge in [0.1, 0.15) is 5.75 Å². The monoisotopic (exact) mass is 247 g/mol. The van der Waals surface area contributed by atoms with E-state index >= 15 is 0 Å². The van der Waals surface area contributed by atoms with E-state index in [1.165, 1.54) is 0 Å². The van der Waals surface area contributed by atoms with E-state index in [9.17, 15) is 9.67 Å². The van der Waals surface area contributed by atoms with E-state index in [0.29, 0.717) is 5.75 Å². The van der Waals surface area contributed by atoms with E-state index < -0.39 is 8.69 Å². The van der Waals surface area contributed by atoms with Gasteiger partial charge in [0.05, 0.1) is 0 Å². The van der Waals surface area contributed by atoms with Gasteiger partial charge < -0.3 is 5.11 Å². The number of aromatic hydroxyl groups is 1. The van der Waals surface area contributed by atoms with Gasteiger partial charge in [-0.3, -0.25) is 4.52 Å². The van der Waals surface area contributed by atoms with Crippen molar-refractivity contribution in [2.24, 2.45) is 0 Å². The summed E-state index contributed by atoms with van der Waals surface area (Å²) >= 11 is 0. The molecule has 2 aromatic carbocycles. The Bertz CT molecular complexity index is 535. The Morgan fingerprint density at radius 2 is 1.82 bits per heavy atom. The third kappa shape index (κ3) is 2.45. The van der Waals surface area contributed by atoms with E-state index in [1.807, 2.05) is 19.1 Å². The molecule has 0 fully saturated rings. The average molecular weight is 247 g/mol. The lowest BCUT2D eigenvalue weighted by atomic mass is 9.99. The zero-order valence-corrected chi connectivity index (χ0v) is 10.3. The second-order valence-corrected chi connectivity index (χ2v) is 4.05. The maximum absolute atomic E-state index is 10.6. The minimum Gasteiger partial charge on any atom is -0.508 e. The van der Waals surface area contributed by atoms with Crippen molar-refractivity contribution in [2.45, 2.75) is 6.92 Å². The number of rotatable bonds is 3. The molecule has 0 spiro atoms.